The number of aliphatic carboxylic acids is 2. The Kier molecular flexibility index (Phi) is 5.47. The van der Waals surface area contributed by atoms with Crippen LogP contribution >= 0.6 is 0 Å². The lowest BCUT2D eigenvalue weighted by Crippen LogP contribution is -2.47. The van der Waals surface area contributed by atoms with Crippen LogP contribution in [0.15, 0.2) is 34.1 Å². The number of rotatable bonds is 7. The molecule has 0 fully saturated rings. The molecule has 12 heteroatoms. The number of carboxylic acid groups (broad SMARTS) is 2. The Bertz CT molecular complexity index is 829. The molecule has 5 N–H and O–H groups in total. The first-order chi connectivity index (χ1) is 10.4. The standard InChI is InChI=1S/C11H13NO9S2/c12-8(5-9(13)14)10(11(15)16)22(17,18)6-2-1-3-7(4-6)23(19,20)21/h1-4,8,10H,5,12H2,(H,13,14)(H,15,16)(H,19,20,21). The van der Waals surface area contributed by atoms with Gasteiger partial charge in [0, 0.05) is 6.04 Å². The molecule has 0 saturated carbocycles. The van der Waals surface area contributed by atoms with Gasteiger partial charge in [-0.05, 0) is 18.2 Å². The molecule has 2 unspecified atom stereocenters. The van der Waals surface area contributed by atoms with Crippen LogP contribution < -0.4 is 5.73 Å². The van der Waals surface area contributed by atoms with E-state index in [1.54, 1.807) is 0 Å². The van der Waals surface area contributed by atoms with Gasteiger partial charge in [0.15, 0.2) is 15.1 Å². The molecule has 0 aromatic heterocycles. The van der Waals surface area contributed by atoms with E-state index in [1.807, 2.05) is 0 Å². The third-order valence-corrected chi connectivity index (χ3v) is 5.79. The van der Waals surface area contributed by atoms with Crippen LogP contribution in [0.2, 0.25) is 0 Å². The highest BCUT2D eigenvalue weighted by Gasteiger charge is 2.40. The van der Waals surface area contributed by atoms with Gasteiger partial charge in [0.1, 0.15) is 0 Å². The van der Waals surface area contributed by atoms with E-state index in [-0.39, 0.29) is 0 Å². The van der Waals surface area contributed by atoms with Crippen molar-refractivity contribution in [2.24, 2.45) is 5.73 Å². The number of sulfone groups is 1. The van der Waals surface area contributed by atoms with Crippen molar-refractivity contribution < 1.29 is 41.2 Å². The van der Waals surface area contributed by atoms with Crippen LogP contribution in [-0.2, 0) is 29.5 Å². The zero-order valence-electron chi connectivity index (χ0n) is 11.4. The van der Waals surface area contributed by atoms with Crippen molar-refractivity contribution in [3.8, 4) is 0 Å². The fourth-order valence-corrected chi connectivity index (χ4v) is 4.09. The molecule has 2 atom stereocenters. The van der Waals surface area contributed by atoms with Gasteiger partial charge in [-0.15, -0.1) is 0 Å². The van der Waals surface area contributed by atoms with Crippen LogP contribution in [0.1, 0.15) is 6.42 Å². The highest BCUT2D eigenvalue weighted by molar-refractivity contribution is 7.93. The van der Waals surface area contributed by atoms with E-state index in [9.17, 15) is 26.4 Å². The maximum Gasteiger partial charge on any atom is 0.323 e. The molecule has 0 saturated heterocycles. The number of carboxylic acids is 2. The molecule has 0 radical (unpaired) electrons. The molecule has 0 bridgehead atoms. The molecule has 1 aromatic carbocycles. The zero-order valence-corrected chi connectivity index (χ0v) is 13.0. The highest BCUT2D eigenvalue weighted by Crippen LogP contribution is 2.22. The van der Waals surface area contributed by atoms with Crippen LogP contribution in [0.3, 0.4) is 0 Å². The average Bonchev–Trinajstić information content (AvgIpc) is 2.36. The van der Waals surface area contributed by atoms with Crippen molar-refractivity contribution in [1.29, 1.82) is 0 Å². The van der Waals surface area contributed by atoms with Gasteiger partial charge >= 0.3 is 11.9 Å². The second-order valence-corrected chi connectivity index (χ2v) is 8.01. The molecule has 10 nitrogen and oxygen atoms in total. The van der Waals surface area contributed by atoms with Crippen molar-refractivity contribution in [2.75, 3.05) is 0 Å². The van der Waals surface area contributed by atoms with Crippen LogP contribution in [-0.4, -0.2) is 54.8 Å². The van der Waals surface area contributed by atoms with Gasteiger partial charge in [-0.3, -0.25) is 14.1 Å². The van der Waals surface area contributed by atoms with Gasteiger partial charge in [0.25, 0.3) is 10.1 Å². The molecule has 23 heavy (non-hydrogen) atoms. The molecule has 0 aliphatic carbocycles. The number of nitrogens with two attached hydrogens (primary N) is 1. The molecule has 0 heterocycles. The van der Waals surface area contributed by atoms with Gasteiger partial charge in [0.05, 0.1) is 16.2 Å². The summed E-state index contributed by atoms with van der Waals surface area (Å²) in [6.45, 7) is 0. The summed E-state index contributed by atoms with van der Waals surface area (Å²) in [5.74, 6) is -3.37. The number of carbonyl (C=O) groups is 2. The van der Waals surface area contributed by atoms with Gasteiger partial charge in [-0.25, -0.2) is 8.42 Å². The molecule has 128 valence electrons. The molecule has 1 rings (SSSR count). The molecule has 0 amide bonds. The first-order valence-electron chi connectivity index (χ1n) is 5.89. The summed E-state index contributed by atoms with van der Waals surface area (Å²) in [4.78, 5) is 20.3. The number of hydrogen-bond acceptors (Lipinski definition) is 7. The number of hydrogen-bond donors (Lipinski definition) is 4. The summed E-state index contributed by atoms with van der Waals surface area (Å²) >= 11 is 0. The van der Waals surface area contributed by atoms with Crippen LogP contribution in [0.25, 0.3) is 0 Å². The van der Waals surface area contributed by atoms with E-state index in [0.29, 0.717) is 6.07 Å². The highest BCUT2D eigenvalue weighted by atomic mass is 32.2. The topological polar surface area (TPSA) is 189 Å². The van der Waals surface area contributed by atoms with E-state index < -0.39 is 59.4 Å². The molecule has 0 aliphatic rings. The van der Waals surface area contributed by atoms with E-state index in [2.05, 4.69) is 0 Å². The fraction of sp³-hybridized carbons (Fsp3) is 0.273. The number of benzene rings is 1. The van der Waals surface area contributed by atoms with Gasteiger partial charge in [0.2, 0.25) is 0 Å². The zero-order chi connectivity index (χ0) is 18.0. The predicted molar refractivity (Wildman–Crippen MR) is 75.1 cm³/mol. The lowest BCUT2D eigenvalue weighted by atomic mass is 10.1. The third kappa shape index (κ3) is 4.48. The fourth-order valence-electron chi connectivity index (χ4n) is 1.81. The Balaban J connectivity index is 3.42. The normalized spacial score (nSPS) is 14.9. The molecular formula is C11H13NO9S2. The lowest BCUT2D eigenvalue weighted by Gasteiger charge is -2.19. The summed E-state index contributed by atoms with van der Waals surface area (Å²) in [7, 11) is -9.40. The van der Waals surface area contributed by atoms with E-state index in [1.165, 1.54) is 0 Å². The SMILES string of the molecule is NC(CC(=O)O)C(C(=O)O)S(=O)(=O)c1cccc(S(=O)(=O)O)c1. The first kappa shape index (κ1) is 19.0. The van der Waals surface area contributed by atoms with Crippen LogP contribution in [0.4, 0.5) is 0 Å². The smallest absolute Gasteiger partial charge is 0.323 e. The lowest BCUT2D eigenvalue weighted by molar-refractivity contribution is -0.138. The van der Waals surface area contributed by atoms with Gasteiger partial charge in [-0.1, -0.05) is 6.07 Å². The van der Waals surface area contributed by atoms with Crippen LogP contribution in [0.5, 0.6) is 0 Å². The quantitative estimate of drug-likeness (QED) is 0.433. The Morgan fingerprint density at radius 1 is 1.09 bits per heavy atom. The van der Waals surface area contributed by atoms with Crippen molar-refractivity contribution >= 4 is 31.9 Å². The minimum absolute atomic E-state index is 0.564. The molecule has 1 aromatic rings. The summed E-state index contributed by atoms with van der Waals surface area (Å²) in [5.41, 5.74) is 5.36. The summed E-state index contributed by atoms with van der Waals surface area (Å²) < 4.78 is 55.7. The van der Waals surface area contributed by atoms with Crippen LogP contribution in [0, 0.1) is 0 Å². The van der Waals surface area contributed by atoms with Crippen molar-refractivity contribution in [3.05, 3.63) is 24.3 Å². The van der Waals surface area contributed by atoms with Crippen molar-refractivity contribution in [2.45, 2.75) is 27.5 Å². The second kappa shape index (κ2) is 6.62. The molecule has 0 aliphatic heterocycles. The van der Waals surface area contributed by atoms with Crippen molar-refractivity contribution in [1.82, 2.24) is 0 Å². The Morgan fingerprint density at radius 2 is 1.61 bits per heavy atom. The third-order valence-electron chi connectivity index (χ3n) is 2.81. The monoisotopic (exact) mass is 367 g/mol. The second-order valence-electron chi connectivity index (χ2n) is 4.52. The Morgan fingerprint density at radius 3 is 2.04 bits per heavy atom. The Hall–Kier alpha value is -2.02. The minimum Gasteiger partial charge on any atom is -0.481 e. The first-order valence-corrected chi connectivity index (χ1v) is 8.87. The summed E-state index contributed by atoms with van der Waals surface area (Å²) in [6, 6.07) is 1.60. The van der Waals surface area contributed by atoms with Gasteiger partial charge < -0.3 is 15.9 Å². The maximum atomic E-state index is 12.3. The van der Waals surface area contributed by atoms with Gasteiger partial charge in [-0.2, -0.15) is 8.42 Å². The largest absolute Gasteiger partial charge is 0.481 e. The summed E-state index contributed by atoms with van der Waals surface area (Å²) in [5, 5.41) is 15.4. The van der Waals surface area contributed by atoms with Crippen molar-refractivity contribution in [3.63, 3.8) is 0 Å². The van der Waals surface area contributed by atoms with E-state index in [0.717, 1.165) is 18.2 Å². The van der Waals surface area contributed by atoms with E-state index >= 15 is 0 Å². The minimum atomic E-state index is -4.71. The molecular weight excluding hydrogens is 354 g/mol. The maximum absolute atomic E-state index is 12.3. The predicted octanol–water partition coefficient (Wildman–Crippen LogP) is -1.04. The average molecular weight is 367 g/mol. The summed E-state index contributed by atoms with van der Waals surface area (Å²) in [6.07, 6.45) is -0.922. The van der Waals surface area contributed by atoms with E-state index in [4.69, 9.17) is 20.5 Å². The Labute approximate surface area is 131 Å². The molecule has 0 spiro atoms.